The Morgan fingerprint density at radius 2 is 2.00 bits per heavy atom. The minimum absolute atomic E-state index is 0.0140. The van der Waals surface area contributed by atoms with E-state index in [0.717, 1.165) is 17.0 Å². The maximum atomic E-state index is 12.6. The van der Waals surface area contributed by atoms with Crippen LogP contribution in [0, 0.1) is 19.8 Å². The summed E-state index contributed by atoms with van der Waals surface area (Å²) in [6, 6.07) is 8.54. The summed E-state index contributed by atoms with van der Waals surface area (Å²) in [6.45, 7) is 5.49. The van der Waals surface area contributed by atoms with E-state index < -0.39 is 15.1 Å². The number of aryl methyl sites for hydroxylation is 2. The number of benzene rings is 1. The Kier molecular flexibility index (Phi) is 4.55. The van der Waals surface area contributed by atoms with E-state index in [0.29, 0.717) is 25.2 Å². The van der Waals surface area contributed by atoms with Gasteiger partial charge in [-0.25, -0.2) is 8.42 Å². The molecule has 3 heterocycles. The summed E-state index contributed by atoms with van der Waals surface area (Å²) >= 11 is 0. The van der Waals surface area contributed by atoms with Gasteiger partial charge in [0.2, 0.25) is 0 Å². The van der Waals surface area contributed by atoms with Gasteiger partial charge < -0.3 is 9.84 Å². The lowest BCUT2D eigenvalue weighted by molar-refractivity contribution is 0.0930. The molecule has 1 N–H and O–H groups in total. The highest BCUT2D eigenvalue weighted by atomic mass is 32.2. The monoisotopic (exact) mass is 389 g/mol. The first-order chi connectivity index (χ1) is 12.8. The van der Waals surface area contributed by atoms with Gasteiger partial charge >= 0.3 is 0 Å². The number of aromatic nitrogens is 1. The number of sulfone groups is 1. The Bertz CT molecular complexity index is 935. The summed E-state index contributed by atoms with van der Waals surface area (Å²) < 4.78 is 30.5. The Balaban J connectivity index is 1.49. The van der Waals surface area contributed by atoms with Crippen LogP contribution in [0.1, 0.15) is 27.4 Å². The van der Waals surface area contributed by atoms with Gasteiger partial charge in [0.25, 0.3) is 5.91 Å². The van der Waals surface area contributed by atoms with Crippen LogP contribution in [0.5, 0.6) is 0 Å². The van der Waals surface area contributed by atoms with E-state index >= 15 is 0 Å². The molecule has 3 atom stereocenters. The Morgan fingerprint density at radius 1 is 1.26 bits per heavy atom. The molecular formula is C19H23N3O4S. The van der Waals surface area contributed by atoms with Gasteiger partial charge in [-0.3, -0.25) is 9.69 Å². The molecule has 2 fully saturated rings. The third-order valence-electron chi connectivity index (χ3n) is 5.69. The lowest BCUT2D eigenvalue weighted by Gasteiger charge is -2.21. The normalized spacial score (nSPS) is 26.8. The molecule has 1 aromatic carbocycles. The molecule has 2 saturated heterocycles. The molecule has 0 saturated carbocycles. The van der Waals surface area contributed by atoms with Gasteiger partial charge in [0.05, 0.1) is 16.7 Å². The molecule has 0 unspecified atom stereocenters. The van der Waals surface area contributed by atoms with Crippen molar-refractivity contribution < 1.29 is 17.7 Å². The number of rotatable bonds is 4. The van der Waals surface area contributed by atoms with E-state index in [9.17, 15) is 13.2 Å². The highest BCUT2D eigenvalue weighted by Crippen LogP contribution is 2.35. The van der Waals surface area contributed by atoms with Gasteiger partial charge in [-0.05, 0) is 26.0 Å². The highest BCUT2D eigenvalue weighted by molar-refractivity contribution is 7.92. The van der Waals surface area contributed by atoms with Crippen molar-refractivity contribution in [3.8, 4) is 0 Å². The van der Waals surface area contributed by atoms with Crippen molar-refractivity contribution in [3.05, 3.63) is 52.9 Å². The molecule has 2 aliphatic rings. The van der Waals surface area contributed by atoms with E-state index in [-0.39, 0.29) is 23.6 Å². The van der Waals surface area contributed by atoms with Gasteiger partial charge in [-0.1, -0.05) is 23.4 Å². The summed E-state index contributed by atoms with van der Waals surface area (Å²) in [5.74, 6) is 0.463. The van der Waals surface area contributed by atoms with E-state index in [1.165, 1.54) is 0 Å². The van der Waals surface area contributed by atoms with Crippen molar-refractivity contribution in [2.75, 3.05) is 18.8 Å². The molecule has 0 bridgehead atoms. The fraction of sp³-hybridized carbons (Fsp3) is 0.474. The van der Waals surface area contributed by atoms with Gasteiger partial charge in [0, 0.05) is 42.7 Å². The van der Waals surface area contributed by atoms with Gasteiger partial charge in [0.1, 0.15) is 5.76 Å². The summed E-state index contributed by atoms with van der Waals surface area (Å²) in [6.07, 6.45) is 0. The van der Waals surface area contributed by atoms with Crippen LogP contribution in [-0.2, 0) is 16.4 Å². The number of fused-ring (bicyclic) bond motifs is 1. The molecule has 1 aromatic heterocycles. The first-order valence-corrected chi connectivity index (χ1v) is 10.8. The van der Waals surface area contributed by atoms with Crippen LogP contribution in [-0.4, -0.2) is 54.5 Å². The number of carbonyl (C=O) groups is 1. The predicted molar refractivity (Wildman–Crippen MR) is 100 cm³/mol. The van der Waals surface area contributed by atoms with Crippen LogP contribution in [0.2, 0.25) is 0 Å². The molecule has 2 aliphatic heterocycles. The van der Waals surface area contributed by atoms with Crippen LogP contribution in [0.4, 0.5) is 0 Å². The topological polar surface area (TPSA) is 92.5 Å². The molecule has 0 radical (unpaired) electrons. The number of nitrogens with zero attached hydrogens (tertiary/aromatic N) is 2. The highest BCUT2D eigenvalue weighted by Gasteiger charge is 2.52. The first kappa shape index (κ1) is 18.2. The fourth-order valence-corrected chi connectivity index (χ4v) is 6.54. The summed E-state index contributed by atoms with van der Waals surface area (Å²) in [4.78, 5) is 14.6. The van der Waals surface area contributed by atoms with Crippen LogP contribution in [0.25, 0.3) is 0 Å². The van der Waals surface area contributed by atoms with Crippen LogP contribution in [0.3, 0.4) is 0 Å². The summed E-state index contributed by atoms with van der Waals surface area (Å²) in [7, 11) is -3.23. The second-order valence-corrected chi connectivity index (χ2v) is 9.74. The second kappa shape index (κ2) is 6.76. The second-order valence-electron chi connectivity index (χ2n) is 7.47. The van der Waals surface area contributed by atoms with Crippen molar-refractivity contribution in [3.63, 3.8) is 0 Å². The van der Waals surface area contributed by atoms with Crippen LogP contribution >= 0.6 is 0 Å². The van der Waals surface area contributed by atoms with Crippen molar-refractivity contribution >= 4 is 15.7 Å². The number of amides is 1. The molecule has 8 heteroatoms. The largest absolute Gasteiger partial charge is 0.361 e. The molecule has 1 amide bonds. The smallest absolute Gasteiger partial charge is 0.251 e. The summed E-state index contributed by atoms with van der Waals surface area (Å²) in [5, 5.41) is 6.49. The standard InChI is InChI=1S/C19H23N3O4S/c1-12-15(13(2)26-21-12)8-22-9-16-17(11-27(24,25)18(16)10-22)20-19(23)14-6-4-3-5-7-14/h3-7,16-18H,8-11H2,1-2H3,(H,20,23)/t16-,17+,18-/m0/s1. The fourth-order valence-electron chi connectivity index (χ4n) is 4.21. The van der Waals surface area contributed by atoms with Crippen LogP contribution in [0.15, 0.2) is 34.9 Å². The van der Waals surface area contributed by atoms with Gasteiger partial charge in [-0.2, -0.15) is 0 Å². The van der Waals surface area contributed by atoms with Crippen molar-refractivity contribution in [2.24, 2.45) is 5.92 Å². The Morgan fingerprint density at radius 3 is 2.67 bits per heavy atom. The van der Waals surface area contributed by atoms with Gasteiger partial charge in [0.15, 0.2) is 9.84 Å². The van der Waals surface area contributed by atoms with Crippen LogP contribution < -0.4 is 5.32 Å². The average molecular weight is 389 g/mol. The summed E-state index contributed by atoms with van der Waals surface area (Å²) in [5.41, 5.74) is 2.39. The molecular weight excluding hydrogens is 366 g/mol. The number of carbonyl (C=O) groups excluding carboxylic acids is 1. The lowest BCUT2D eigenvalue weighted by Crippen LogP contribution is -2.42. The number of likely N-dealkylation sites (tertiary alicyclic amines) is 1. The van der Waals surface area contributed by atoms with E-state index in [1.54, 1.807) is 24.3 Å². The minimum Gasteiger partial charge on any atom is -0.361 e. The van der Waals surface area contributed by atoms with E-state index in [4.69, 9.17) is 4.52 Å². The van der Waals surface area contributed by atoms with E-state index in [2.05, 4.69) is 15.4 Å². The first-order valence-electron chi connectivity index (χ1n) is 9.07. The van der Waals surface area contributed by atoms with Crippen molar-refractivity contribution in [2.45, 2.75) is 31.7 Å². The van der Waals surface area contributed by atoms with Crippen molar-refractivity contribution in [1.29, 1.82) is 0 Å². The van der Waals surface area contributed by atoms with Crippen molar-refractivity contribution in [1.82, 2.24) is 15.4 Å². The Hall–Kier alpha value is -2.19. The molecule has 27 heavy (non-hydrogen) atoms. The molecule has 0 spiro atoms. The molecule has 7 nitrogen and oxygen atoms in total. The van der Waals surface area contributed by atoms with E-state index in [1.807, 2.05) is 19.9 Å². The van der Waals surface area contributed by atoms with Gasteiger partial charge in [-0.15, -0.1) is 0 Å². The average Bonchev–Trinajstić information content (AvgIpc) is 3.27. The quantitative estimate of drug-likeness (QED) is 0.848. The zero-order chi connectivity index (χ0) is 19.2. The minimum atomic E-state index is -3.23. The molecule has 2 aromatic rings. The zero-order valence-corrected chi connectivity index (χ0v) is 16.2. The molecule has 4 rings (SSSR count). The lowest BCUT2D eigenvalue weighted by atomic mass is 10.00. The third kappa shape index (κ3) is 3.39. The number of nitrogens with one attached hydrogen (secondary N) is 1. The maximum absolute atomic E-state index is 12.6. The Labute approximate surface area is 158 Å². The molecule has 144 valence electrons. The number of hydrogen-bond acceptors (Lipinski definition) is 6. The maximum Gasteiger partial charge on any atom is 0.251 e. The molecule has 0 aliphatic carbocycles. The zero-order valence-electron chi connectivity index (χ0n) is 15.4. The third-order valence-corrected chi connectivity index (χ3v) is 7.93. The SMILES string of the molecule is Cc1noc(C)c1CN1C[C@H]2[C@H](NC(=O)c3ccccc3)CS(=O)(=O)[C@H]2C1. The predicted octanol–water partition coefficient (Wildman–Crippen LogP) is 1.32. The number of hydrogen-bond donors (Lipinski definition) is 1.